The second-order valence-electron chi connectivity index (χ2n) is 9.25. The Morgan fingerprint density at radius 1 is 1.00 bits per heavy atom. The molecule has 3 aromatic carbocycles. The number of Topliss-reactive ketones (excluding diaryl/α,β-unsaturated/α-hetero) is 1. The zero-order valence-electron chi connectivity index (χ0n) is 20.7. The van der Waals surface area contributed by atoms with Crippen LogP contribution in [-0.2, 0) is 9.59 Å². The van der Waals surface area contributed by atoms with Gasteiger partial charge < -0.3 is 9.84 Å². The number of carbonyl (C=O) groups excluding carboxylic acids is 2. The Hall–Kier alpha value is -3.28. The number of hydrogen-bond donors (Lipinski definition) is 1. The highest BCUT2D eigenvalue weighted by atomic mass is 35.5. The fraction of sp³-hybridized carbons (Fsp3) is 0.241. The number of carbonyl (C=O) groups is 2. The lowest BCUT2D eigenvalue weighted by Crippen LogP contribution is -2.29. The fourth-order valence-electron chi connectivity index (χ4n) is 4.62. The Morgan fingerprint density at radius 2 is 1.72 bits per heavy atom. The molecule has 0 spiro atoms. The number of ketones is 1. The molecule has 0 aromatic heterocycles. The second-order valence-corrected chi connectivity index (χ2v) is 10.1. The van der Waals surface area contributed by atoms with E-state index < -0.39 is 17.7 Å². The third-order valence-corrected chi connectivity index (χ3v) is 7.18. The van der Waals surface area contributed by atoms with Crippen LogP contribution in [0.5, 0.6) is 5.75 Å². The molecular formula is C29H27Cl2NO4. The van der Waals surface area contributed by atoms with Crippen molar-refractivity contribution in [1.29, 1.82) is 0 Å². The summed E-state index contributed by atoms with van der Waals surface area (Å²) < 4.78 is 5.53. The number of anilines is 1. The van der Waals surface area contributed by atoms with E-state index in [0.717, 1.165) is 16.7 Å². The van der Waals surface area contributed by atoms with Crippen LogP contribution < -0.4 is 9.64 Å². The van der Waals surface area contributed by atoms with Gasteiger partial charge in [-0.15, -0.1) is 0 Å². The van der Waals surface area contributed by atoms with Gasteiger partial charge in [-0.1, -0.05) is 66.9 Å². The molecule has 0 saturated carbocycles. The van der Waals surface area contributed by atoms with Gasteiger partial charge in [0.2, 0.25) is 0 Å². The van der Waals surface area contributed by atoms with Crippen LogP contribution in [0, 0.1) is 13.8 Å². The van der Waals surface area contributed by atoms with Crippen LogP contribution in [0.3, 0.4) is 0 Å². The number of amides is 1. The summed E-state index contributed by atoms with van der Waals surface area (Å²) in [6, 6.07) is 15.1. The molecule has 0 aliphatic carbocycles. The Labute approximate surface area is 220 Å². The van der Waals surface area contributed by atoms with Crippen LogP contribution in [0.25, 0.3) is 5.76 Å². The molecule has 1 N–H and O–H groups in total. The Balaban J connectivity index is 2.00. The Morgan fingerprint density at radius 3 is 2.33 bits per heavy atom. The van der Waals surface area contributed by atoms with Crippen molar-refractivity contribution in [3.05, 3.63) is 98.0 Å². The standard InChI is InChI=1S/C29H27Cl2NO4/c1-15(2)20-14-21(17(4)12-24(20)36-5)27(33)25-26(18-8-6-7-16(3)11-18)32(29(35)28(25)34)19-9-10-22(30)23(31)13-19/h6-15,26,33H,1-5H3/b27-25+. The van der Waals surface area contributed by atoms with Gasteiger partial charge in [0.1, 0.15) is 11.5 Å². The topological polar surface area (TPSA) is 66.8 Å². The molecule has 3 aromatic rings. The molecule has 1 saturated heterocycles. The number of rotatable bonds is 5. The van der Waals surface area contributed by atoms with E-state index in [1.165, 1.54) is 4.90 Å². The number of ether oxygens (including phenoxy) is 1. The molecule has 1 unspecified atom stereocenters. The van der Waals surface area contributed by atoms with Gasteiger partial charge >= 0.3 is 0 Å². The van der Waals surface area contributed by atoms with Crippen LogP contribution in [0.2, 0.25) is 10.0 Å². The van der Waals surface area contributed by atoms with Crippen molar-refractivity contribution in [2.24, 2.45) is 0 Å². The second kappa shape index (κ2) is 10.00. The smallest absolute Gasteiger partial charge is 0.300 e. The molecule has 186 valence electrons. The summed E-state index contributed by atoms with van der Waals surface area (Å²) in [5.74, 6) is -0.948. The van der Waals surface area contributed by atoms with Gasteiger partial charge in [-0.25, -0.2) is 0 Å². The van der Waals surface area contributed by atoms with E-state index in [0.29, 0.717) is 27.6 Å². The molecule has 7 heteroatoms. The number of aryl methyl sites for hydroxylation is 2. The molecule has 5 nitrogen and oxygen atoms in total. The lowest BCUT2D eigenvalue weighted by atomic mass is 9.90. The van der Waals surface area contributed by atoms with E-state index >= 15 is 0 Å². The van der Waals surface area contributed by atoms with Crippen molar-refractivity contribution in [2.75, 3.05) is 12.0 Å². The van der Waals surface area contributed by atoms with Gasteiger partial charge in [-0.2, -0.15) is 0 Å². The SMILES string of the molecule is COc1cc(C)c(/C(O)=C2\C(=O)C(=O)N(c3ccc(Cl)c(Cl)c3)C2c2cccc(C)c2)cc1C(C)C. The monoisotopic (exact) mass is 523 g/mol. The van der Waals surface area contributed by atoms with Gasteiger partial charge in [0, 0.05) is 11.3 Å². The average Bonchev–Trinajstić information content (AvgIpc) is 3.10. The summed E-state index contributed by atoms with van der Waals surface area (Å²) in [7, 11) is 1.60. The highest BCUT2D eigenvalue weighted by molar-refractivity contribution is 6.52. The molecule has 1 amide bonds. The third-order valence-electron chi connectivity index (χ3n) is 6.44. The minimum absolute atomic E-state index is 0.0136. The molecule has 1 fully saturated rings. The predicted octanol–water partition coefficient (Wildman–Crippen LogP) is 7.37. The maximum Gasteiger partial charge on any atom is 0.300 e. The molecule has 0 bridgehead atoms. The first-order valence-electron chi connectivity index (χ1n) is 11.6. The number of aliphatic hydroxyl groups is 1. The average molecular weight is 524 g/mol. The maximum absolute atomic E-state index is 13.5. The highest BCUT2D eigenvalue weighted by Gasteiger charge is 2.47. The van der Waals surface area contributed by atoms with Crippen LogP contribution >= 0.6 is 23.2 Å². The van der Waals surface area contributed by atoms with E-state index in [2.05, 4.69) is 0 Å². The van der Waals surface area contributed by atoms with Crippen molar-refractivity contribution in [2.45, 2.75) is 39.7 Å². The van der Waals surface area contributed by atoms with Crippen LogP contribution in [0.1, 0.15) is 53.6 Å². The van der Waals surface area contributed by atoms with Gasteiger partial charge in [-0.3, -0.25) is 14.5 Å². The summed E-state index contributed by atoms with van der Waals surface area (Å²) in [6.45, 7) is 7.80. The zero-order chi connectivity index (χ0) is 26.3. The first-order chi connectivity index (χ1) is 17.0. The Kier molecular flexibility index (Phi) is 7.17. The van der Waals surface area contributed by atoms with Gasteiger partial charge in [0.15, 0.2) is 0 Å². The quantitative estimate of drug-likeness (QED) is 0.215. The number of hydrogen-bond acceptors (Lipinski definition) is 4. The summed E-state index contributed by atoms with van der Waals surface area (Å²) in [5.41, 5.74) is 4.15. The van der Waals surface area contributed by atoms with Crippen LogP contribution in [-0.4, -0.2) is 23.9 Å². The maximum atomic E-state index is 13.5. The minimum atomic E-state index is -0.855. The molecule has 0 radical (unpaired) electrons. The molecule has 36 heavy (non-hydrogen) atoms. The van der Waals surface area contributed by atoms with Crippen molar-refractivity contribution < 1.29 is 19.4 Å². The first-order valence-corrected chi connectivity index (χ1v) is 12.3. The van der Waals surface area contributed by atoms with Crippen molar-refractivity contribution in [3.8, 4) is 5.75 Å². The van der Waals surface area contributed by atoms with Crippen molar-refractivity contribution in [1.82, 2.24) is 0 Å². The summed E-state index contributed by atoms with van der Waals surface area (Å²) in [5, 5.41) is 12.2. The third kappa shape index (κ3) is 4.49. The van der Waals surface area contributed by atoms with Crippen LogP contribution in [0.15, 0.2) is 60.2 Å². The van der Waals surface area contributed by atoms with E-state index in [-0.39, 0.29) is 22.3 Å². The molecule has 1 atom stereocenters. The predicted molar refractivity (Wildman–Crippen MR) is 144 cm³/mol. The summed E-state index contributed by atoms with van der Waals surface area (Å²) in [6.07, 6.45) is 0. The number of aliphatic hydroxyl groups excluding tert-OH is 1. The normalized spacial score (nSPS) is 17.2. The van der Waals surface area contributed by atoms with E-state index in [4.69, 9.17) is 27.9 Å². The number of nitrogens with zero attached hydrogens (tertiary/aromatic N) is 1. The van der Waals surface area contributed by atoms with Gasteiger partial charge in [-0.05, 0) is 66.8 Å². The van der Waals surface area contributed by atoms with Gasteiger partial charge in [0.25, 0.3) is 11.7 Å². The van der Waals surface area contributed by atoms with Gasteiger partial charge in [0.05, 0.1) is 28.8 Å². The van der Waals surface area contributed by atoms with E-state index in [9.17, 15) is 14.7 Å². The minimum Gasteiger partial charge on any atom is -0.507 e. The van der Waals surface area contributed by atoms with Crippen molar-refractivity contribution >= 4 is 46.3 Å². The van der Waals surface area contributed by atoms with Crippen LogP contribution in [0.4, 0.5) is 5.69 Å². The lowest BCUT2D eigenvalue weighted by Gasteiger charge is -2.26. The molecule has 1 aliphatic rings. The Bertz CT molecular complexity index is 1410. The zero-order valence-corrected chi connectivity index (χ0v) is 22.2. The number of halogens is 2. The fourth-order valence-corrected chi connectivity index (χ4v) is 4.91. The largest absolute Gasteiger partial charge is 0.507 e. The highest BCUT2D eigenvalue weighted by Crippen LogP contribution is 2.44. The number of methoxy groups -OCH3 is 1. The first kappa shape index (κ1) is 25.8. The molecule has 1 heterocycles. The number of benzene rings is 3. The lowest BCUT2D eigenvalue weighted by molar-refractivity contribution is -0.132. The summed E-state index contributed by atoms with van der Waals surface area (Å²) in [4.78, 5) is 28.3. The molecule has 4 rings (SSSR count). The molecule has 1 aliphatic heterocycles. The molecular weight excluding hydrogens is 497 g/mol. The van der Waals surface area contributed by atoms with E-state index in [1.54, 1.807) is 25.3 Å². The summed E-state index contributed by atoms with van der Waals surface area (Å²) >= 11 is 12.4. The van der Waals surface area contributed by atoms with E-state index in [1.807, 2.05) is 64.1 Å². The van der Waals surface area contributed by atoms with Crippen molar-refractivity contribution in [3.63, 3.8) is 0 Å².